The second kappa shape index (κ2) is 9.40. The highest BCUT2D eigenvalue weighted by Gasteiger charge is 2.23. The van der Waals surface area contributed by atoms with Gasteiger partial charge in [0.1, 0.15) is 12.2 Å². The van der Waals surface area contributed by atoms with E-state index < -0.39 is 11.7 Å². The molecule has 0 aliphatic carbocycles. The van der Waals surface area contributed by atoms with E-state index in [-0.39, 0.29) is 13.2 Å². The molecule has 1 aromatic rings. The summed E-state index contributed by atoms with van der Waals surface area (Å²) in [5.41, 5.74) is 5.75. The number of amides is 1. The van der Waals surface area contributed by atoms with E-state index in [2.05, 4.69) is 0 Å². The molecule has 1 aromatic carbocycles. The Morgan fingerprint density at radius 3 is 2.45 bits per heavy atom. The Hall–Kier alpha value is -1.63. The zero-order valence-electron chi connectivity index (χ0n) is 13.6. The number of hydrogen-bond donors (Lipinski definition) is 1. The van der Waals surface area contributed by atoms with Crippen molar-refractivity contribution in [3.8, 4) is 0 Å². The lowest BCUT2D eigenvalue weighted by atomic mass is 10.2. The van der Waals surface area contributed by atoms with Crippen LogP contribution >= 0.6 is 0 Å². The van der Waals surface area contributed by atoms with Gasteiger partial charge >= 0.3 is 6.09 Å². The van der Waals surface area contributed by atoms with Crippen LogP contribution in [0.15, 0.2) is 30.3 Å². The molecule has 0 atom stereocenters. The summed E-state index contributed by atoms with van der Waals surface area (Å²) in [6.07, 6.45) is -0.528. The van der Waals surface area contributed by atoms with Gasteiger partial charge in [0.2, 0.25) is 0 Å². The first-order chi connectivity index (χ1) is 10.4. The van der Waals surface area contributed by atoms with E-state index >= 15 is 0 Å². The summed E-state index contributed by atoms with van der Waals surface area (Å²) in [7, 11) is 0. The topological polar surface area (TPSA) is 74.0 Å². The molecule has 22 heavy (non-hydrogen) atoms. The van der Waals surface area contributed by atoms with Crippen LogP contribution in [0.25, 0.3) is 0 Å². The molecular weight excluding hydrogens is 284 g/mol. The molecule has 0 radical (unpaired) electrons. The highest BCUT2D eigenvalue weighted by atomic mass is 16.7. The van der Waals surface area contributed by atoms with Crippen molar-refractivity contribution in [2.45, 2.75) is 33.0 Å². The van der Waals surface area contributed by atoms with Crippen LogP contribution in [-0.2, 0) is 20.9 Å². The highest BCUT2D eigenvalue weighted by Crippen LogP contribution is 2.11. The Balaban J connectivity index is 2.54. The van der Waals surface area contributed by atoms with Crippen LogP contribution in [0.5, 0.6) is 0 Å². The minimum atomic E-state index is -0.580. The number of carbonyl (C=O) groups excluding carboxylic acids is 1. The minimum Gasteiger partial charge on any atom is -0.442 e. The van der Waals surface area contributed by atoms with Crippen molar-refractivity contribution in [1.29, 1.82) is 0 Å². The summed E-state index contributed by atoms with van der Waals surface area (Å²) in [4.78, 5) is 17.7. The summed E-state index contributed by atoms with van der Waals surface area (Å²) in [6, 6.07) is 9.62. The Bertz CT molecular complexity index is 432. The van der Waals surface area contributed by atoms with E-state index in [0.29, 0.717) is 19.8 Å². The van der Waals surface area contributed by atoms with E-state index in [0.717, 1.165) is 5.56 Å². The maximum Gasteiger partial charge on any atom is 0.434 e. The lowest BCUT2D eigenvalue weighted by Crippen LogP contribution is -2.38. The zero-order valence-corrected chi connectivity index (χ0v) is 13.6. The predicted molar refractivity (Wildman–Crippen MR) is 84.0 cm³/mol. The van der Waals surface area contributed by atoms with Gasteiger partial charge < -0.3 is 15.2 Å². The van der Waals surface area contributed by atoms with Crippen molar-refractivity contribution in [2.75, 3.05) is 26.3 Å². The van der Waals surface area contributed by atoms with Gasteiger partial charge in [0.05, 0.1) is 19.8 Å². The van der Waals surface area contributed by atoms with Crippen LogP contribution in [0, 0.1) is 0 Å². The summed E-state index contributed by atoms with van der Waals surface area (Å²) >= 11 is 0. The first-order valence-corrected chi connectivity index (χ1v) is 7.37. The van der Waals surface area contributed by atoms with Gasteiger partial charge in [-0.15, -0.1) is 0 Å². The van der Waals surface area contributed by atoms with Gasteiger partial charge in [0.15, 0.2) is 0 Å². The van der Waals surface area contributed by atoms with Gasteiger partial charge in [-0.05, 0) is 26.3 Å². The van der Waals surface area contributed by atoms with Crippen LogP contribution in [-0.4, -0.2) is 43.1 Å². The van der Waals surface area contributed by atoms with E-state index in [1.807, 2.05) is 51.1 Å². The molecular formula is C16H26N2O4. The van der Waals surface area contributed by atoms with Crippen molar-refractivity contribution in [1.82, 2.24) is 5.06 Å². The average molecular weight is 310 g/mol. The number of ether oxygens (including phenoxy) is 2. The van der Waals surface area contributed by atoms with Gasteiger partial charge in [-0.2, -0.15) is 5.06 Å². The molecule has 6 heteroatoms. The third-order valence-electron chi connectivity index (χ3n) is 2.53. The van der Waals surface area contributed by atoms with E-state index in [1.54, 1.807) is 0 Å². The Morgan fingerprint density at radius 1 is 1.18 bits per heavy atom. The number of benzene rings is 1. The molecule has 0 saturated heterocycles. The molecule has 1 rings (SSSR count). The van der Waals surface area contributed by atoms with Gasteiger partial charge in [-0.25, -0.2) is 4.79 Å². The molecule has 0 aliphatic heterocycles. The summed E-state index contributed by atoms with van der Waals surface area (Å²) < 4.78 is 10.6. The molecule has 0 fully saturated rings. The third kappa shape index (κ3) is 7.97. The van der Waals surface area contributed by atoms with Crippen molar-refractivity contribution >= 4 is 6.09 Å². The number of rotatable bonds is 8. The average Bonchev–Trinajstić information content (AvgIpc) is 2.45. The van der Waals surface area contributed by atoms with Crippen LogP contribution in [0.4, 0.5) is 4.79 Å². The fraction of sp³-hybridized carbons (Fsp3) is 0.562. The molecule has 0 bridgehead atoms. The lowest BCUT2D eigenvalue weighted by molar-refractivity contribution is -0.162. The lowest BCUT2D eigenvalue weighted by Gasteiger charge is -2.26. The predicted octanol–water partition coefficient (Wildman–Crippen LogP) is 2.33. The van der Waals surface area contributed by atoms with Crippen LogP contribution in [0.3, 0.4) is 0 Å². The van der Waals surface area contributed by atoms with Crippen LogP contribution in [0.1, 0.15) is 26.3 Å². The molecule has 0 saturated carbocycles. The Kier molecular flexibility index (Phi) is 7.87. The summed E-state index contributed by atoms with van der Waals surface area (Å²) in [5, 5.41) is 1.19. The molecule has 6 nitrogen and oxygen atoms in total. The second-order valence-corrected chi connectivity index (χ2v) is 5.74. The molecule has 0 unspecified atom stereocenters. The van der Waals surface area contributed by atoms with Crippen molar-refractivity contribution in [3.63, 3.8) is 0 Å². The number of hydroxylamine groups is 2. The number of carbonyl (C=O) groups is 1. The summed E-state index contributed by atoms with van der Waals surface area (Å²) in [6.45, 7) is 7.23. The maximum atomic E-state index is 12.1. The van der Waals surface area contributed by atoms with Crippen molar-refractivity contribution < 1.29 is 19.1 Å². The molecule has 0 aromatic heterocycles. The largest absolute Gasteiger partial charge is 0.442 e. The second-order valence-electron chi connectivity index (χ2n) is 5.74. The van der Waals surface area contributed by atoms with Gasteiger partial charge in [-0.3, -0.25) is 4.84 Å². The fourth-order valence-corrected chi connectivity index (χ4v) is 1.58. The van der Waals surface area contributed by atoms with E-state index in [1.165, 1.54) is 5.06 Å². The minimum absolute atomic E-state index is 0.280. The Morgan fingerprint density at radius 2 is 1.86 bits per heavy atom. The highest BCUT2D eigenvalue weighted by molar-refractivity contribution is 5.66. The van der Waals surface area contributed by atoms with E-state index in [9.17, 15) is 4.79 Å². The maximum absolute atomic E-state index is 12.1. The van der Waals surface area contributed by atoms with Gasteiger partial charge in [0, 0.05) is 6.54 Å². The van der Waals surface area contributed by atoms with Crippen molar-refractivity contribution in [3.05, 3.63) is 35.9 Å². The molecule has 124 valence electrons. The number of hydrogen-bond acceptors (Lipinski definition) is 5. The summed E-state index contributed by atoms with van der Waals surface area (Å²) in [5.74, 6) is 0. The third-order valence-corrected chi connectivity index (χ3v) is 2.53. The first kappa shape index (κ1) is 18.4. The smallest absolute Gasteiger partial charge is 0.434 e. The number of nitrogens with zero attached hydrogens (tertiary/aromatic N) is 1. The van der Waals surface area contributed by atoms with Gasteiger partial charge in [-0.1, -0.05) is 30.3 Å². The quantitative estimate of drug-likeness (QED) is 0.589. The Labute approximate surface area is 132 Å². The molecule has 0 spiro atoms. The fourth-order valence-electron chi connectivity index (χ4n) is 1.58. The zero-order chi connectivity index (χ0) is 16.4. The SMILES string of the molecule is CC(C)(C)OC(=O)N(CCOCCN)OCc1ccccc1. The molecule has 0 heterocycles. The first-order valence-electron chi connectivity index (χ1n) is 7.37. The normalized spacial score (nSPS) is 11.3. The van der Waals surface area contributed by atoms with E-state index in [4.69, 9.17) is 20.0 Å². The standard InChI is InChI=1S/C16H26N2O4/c1-16(2,3)22-15(19)18(10-12-20-11-9-17)21-13-14-7-5-4-6-8-14/h4-8H,9-13,17H2,1-3H3. The van der Waals surface area contributed by atoms with Gasteiger partial charge in [0.25, 0.3) is 0 Å². The number of nitrogens with two attached hydrogens (primary N) is 1. The molecule has 2 N–H and O–H groups in total. The van der Waals surface area contributed by atoms with Crippen molar-refractivity contribution in [2.24, 2.45) is 5.73 Å². The monoisotopic (exact) mass is 310 g/mol. The molecule has 1 amide bonds. The van der Waals surface area contributed by atoms with Crippen LogP contribution in [0.2, 0.25) is 0 Å². The van der Waals surface area contributed by atoms with Crippen LogP contribution < -0.4 is 5.73 Å². The molecule has 0 aliphatic rings.